The summed E-state index contributed by atoms with van der Waals surface area (Å²) >= 11 is 0. The lowest BCUT2D eigenvalue weighted by atomic mass is 10.1. The molecule has 2 saturated heterocycles. The van der Waals surface area contributed by atoms with Crippen LogP contribution in [0.4, 0.5) is 0 Å². The Kier molecular flexibility index (Phi) is 11.6. The van der Waals surface area contributed by atoms with Gasteiger partial charge in [-0.2, -0.15) is 0 Å². The van der Waals surface area contributed by atoms with Crippen LogP contribution in [0.3, 0.4) is 0 Å². The molecule has 0 amide bonds. The molecule has 0 unspecified atom stereocenters. The molecule has 248 valence electrons. The molecule has 0 bridgehead atoms. The fourth-order valence-corrected chi connectivity index (χ4v) is 4.92. The van der Waals surface area contributed by atoms with Gasteiger partial charge in [0.05, 0.1) is 30.9 Å². The van der Waals surface area contributed by atoms with Gasteiger partial charge in [0.25, 0.3) is 0 Å². The predicted molar refractivity (Wildman–Crippen MR) is 160 cm³/mol. The zero-order chi connectivity index (χ0) is 33.2. The molecule has 3 aromatic rings. The molecule has 2 heterocycles. The summed E-state index contributed by atoms with van der Waals surface area (Å²) < 4.78 is 40.8. The third-order valence-electron chi connectivity index (χ3n) is 7.30. The van der Waals surface area contributed by atoms with E-state index in [0.29, 0.717) is 5.75 Å². The average molecular weight is 652 g/mol. The summed E-state index contributed by atoms with van der Waals surface area (Å²) in [6, 6.07) is 22.8. The van der Waals surface area contributed by atoms with E-state index in [1.165, 1.54) is 0 Å². The smallest absolute Gasteiger partial charge is 0.338 e. The Balaban J connectivity index is 1.40. The van der Waals surface area contributed by atoms with Gasteiger partial charge in [-0.05, 0) is 54.1 Å². The predicted octanol–water partition coefficient (Wildman–Crippen LogP) is 2.39. The molecule has 47 heavy (non-hydrogen) atoms. The van der Waals surface area contributed by atoms with Crippen LogP contribution < -0.4 is 9.47 Å². The number of azide groups is 1. The Hall–Kier alpha value is -4.73. The molecule has 15 nitrogen and oxygen atoms in total. The molecule has 3 aromatic carbocycles. The molecule has 0 aliphatic carbocycles. The normalized spacial score (nSPS) is 26.6. The molecule has 0 radical (unpaired) electrons. The van der Waals surface area contributed by atoms with Crippen LogP contribution in [0.15, 0.2) is 90.0 Å². The number of carbonyl (C=O) groups is 2. The molecule has 8 atom stereocenters. The van der Waals surface area contributed by atoms with Gasteiger partial charge in [0.1, 0.15) is 42.5 Å². The Morgan fingerprint density at radius 1 is 0.787 bits per heavy atom. The summed E-state index contributed by atoms with van der Waals surface area (Å²) in [6.07, 6.45) is -10.7. The van der Waals surface area contributed by atoms with E-state index >= 15 is 0 Å². The number of aliphatic hydroxyl groups excluding tert-OH is 3. The zero-order valence-corrected chi connectivity index (χ0v) is 24.9. The van der Waals surface area contributed by atoms with Crippen LogP contribution in [-0.4, -0.2) is 103 Å². The minimum absolute atomic E-state index is 0.143. The summed E-state index contributed by atoms with van der Waals surface area (Å²) in [6.45, 7) is -0.673. The molecule has 3 N–H and O–H groups in total. The number of hydrogen-bond acceptors (Lipinski definition) is 13. The lowest BCUT2D eigenvalue weighted by molar-refractivity contribution is -0.231. The highest BCUT2D eigenvalue weighted by atomic mass is 16.8. The third kappa shape index (κ3) is 8.55. The van der Waals surface area contributed by atoms with Gasteiger partial charge in [-0.15, -0.1) is 0 Å². The highest BCUT2D eigenvalue weighted by molar-refractivity contribution is 5.90. The van der Waals surface area contributed by atoms with E-state index in [-0.39, 0.29) is 36.6 Å². The number of aliphatic hydroxyl groups is 3. The number of benzene rings is 3. The van der Waals surface area contributed by atoms with E-state index in [4.69, 9.17) is 38.7 Å². The van der Waals surface area contributed by atoms with Crippen LogP contribution >= 0.6 is 0 Å². The third-order valence-corrected chi connectivity index (χ3v) is 7.30. The first-order valence-electron chi connectivity index (χ1n) is 14.7. The van der Waals surface area contributed by atoms with Gasteiger partial charge in [-0.25, -0.2) is 9.59 Å². The van der Waals surface area contributed by atoms with Gasteiger partial charge in [0.2, 0.25) is 6.29 Å². The Labute approximate surface area is 268 Å². The summed E-state index contributed by atoms with van der Waals surface area (Å²) in [4.78, 5) is 28.7. The summed E-state index contributed by atoms with van der Waals surface area (Å²) in [5.41, 5.74) is 8.93. The van der Waals surface area contributed by atoms with Crippen LogP contribution in [-0.2, 0) is 23.7 Å². The number of esters is 2. The van der Waals surface area contributed by atoms with E-state index in [1.807, 2.05) is 0 Å². The maximum atomic E-state index is 13.3. The molecule has 2 aliphatic rings. The molecule has 0 aromatic heterocycles. The number of carbonyl (C=O) groups excluding carboxylic acids is 2. The highest BCUT2D eigenvalue weighted by Crippen LogP contribution is 2.34. The van der Waals surface area contributed by atoms with Crippen molar-refractivity contribution < 1.29 is 58.1 Å². The van der Waals surface area contributed by atoms with Crippen molar-refractivity contribution in [1.29, 1.82) is 0 Å². The Bertz CT molecular complexity index is 1510. The number of rotatable bonds is 14. The van der Waals surface area contributed by atoms with E-state index in [1.54, 1.807) is 84.9 Å². The first kappa shape index (κ1) is 33.6. The fourth-order valence-electron chi connectivity index (χ4n) is 4.92. The van der Waals surface area contributed by atoms with Gasteiger partial charge >= 0.3 is 11.9 Å². The molecule has 5 rings (SSSR count). The maximum Gasteiger partial charge on any atom is 0.338 e. The van der Waals surface area contributed by atoms with Gasteiger partial charge in [0, 0.05) is 4.91 Å². The molecule has 2 aliphatic heterocycles. The van der Waals surface area contributed by atoms with Crippen molar-refractivity contribution >= 4 is 11.9 Å². The zero-order valence-electron chi connectivity index (χ0n) is 24.9. The SMILES string of the molecule is [N-]=[N+]=NCCOc1ccc(O[C@H]2O[C@H](COC(=O)c3ccccc3)[C@@H](OC(=O)c3ccccc3)[C@@H]2O[C@@H]2O[C@H](CO)[C@@H](O)[C@@H]2O)cc1. The Morgan fingerprint density at radius 3 is 2.02 bits per heavy atom. The van der Waals surface area contributed by atoms with E-state index in [2.05, 4.69) is 10.0 Å². The van der Waals surface area contributed by atoms with E-state index in [0.717, 1.165) is 0 Å². The standard InChI is InChI=1S/C32H33N3O12/c33-35-34-15-16-41-21-11-13-22(14-12-21)43-32-28(47-31-26(38)25(37)23(17-36)44-31)27(46-30(40)20-9-5-2-6-10-20)24(45-32)18-42-29(39)19-7-3-1-4-8-19/h1-14,23-28,31-32,36-38H,15-18H2/t23-,24-,25-,26+,27-,28+,31+,32+/m1/s1. The molecule has 15 heteroatoms. The summed E-state index contributed by atoms with van der Waals surface area (Å²) in [5.74, 6) is -0.639. The quantitative estimate of drug-likeness (QED) is 0.0755. The van der Waals surface area contributed by atoms with Crippen LogP contribution in [0, 0.1) is 0 Å². The van der Waals surface area contributed by atoms with Crippen molar-refractivity contribution in [2.75, 3.05) is 26.4 Å². The second kappa shape index (κ2) is 16.2. The molecular weight excluding hydrogens is 618 g/mol. The van der Waals surface area contributed by atoms with Crippen molar-refractivity contribution in [2.45, 2.75) is 49.2 Å². The lowest BCUT2D eigenvalue weighted by Gasteiger charge is -2.28. The molecule has 2 fully saturated rings. The van der Waals surface area contributed by atoms with Crippen molar-refractivity contribution in [1.82, 2.24) is 0 Å². The number of ether oxygens (including phenoxy) is 7. The van der Waals surface area contributed by atoms with Gasteiger partial charge in [-0.1, -0.05) is 41.5 Å². The van der Waals surface area contributed by atoms with Crippen molar-refractivity contribution in [3.05, 3.63) is 106 Å². The first-order valence-corrected chi connectivity index (χ1v) is 14.7. The second-order valence-electron chi connectivity index (χ2n) is 10.4. The van der Waals surface area contributed by atoms with Crippen LogP contribution in [0.25, 0.3) is 10.4 Å². The van der Waals surface area contributed by atoms with E-state index < -0.39 is 67.7 Å². The van der Waals surface area contributed by atoms with Crippen molar-refractivity contribution in [2.24, 2.45) is 5.11 Å². The molecule has 0 spiro atoms. The summed E-state index contributed by atoms with van der Waals surface area (Å²) in [7, 11) is 0. The minimum Gasteiger partial charge on any atom is -0.493 e. The Morgan fingerprint density at radius 2 is 1.40 bits per heavy atom. The number of nitrogens with zero attached hydrogens (tertiary/aromatic N) is 3. The first-order chi connectivity index (χ1) is 22.9. The van der Waals surface area contributed by atoms with Gasteiger partial charge in [-0.3, -0.25) is 0 Å². The molecule has 0 saturated carbocycles. The second-order valence-corrected chi connectivity index (χ2v) is 10.4. The summed E-state index contributed by atoms with van der Waals surface area (Å²) in [5, 5.41) is 34.0. The van der Waals surface area contributed by atoms with E-state index in [9.17, 15) is 24.9 Å². The number of hydrogen-bond donors (Lipinski definition) is 3. The largest absolute Gasteiger partial charge is 0.493 e. The van der Waals surface area contributed by atoms with Gasteiger partial charge < -0.3 is 48.5 Å². The van der Waals surface area contributed by atoms with Gasteiger partial charge in [0.15, 0.2) is 18.5 Å². The van der Waals surface area contributed by atoms with Crippen LogP contribution in [0.2, 0.25) is 0 Å². The lowest BCUT2D eigenvalue weighted by Crippen LogP contribution is -2.46. The van der Waals surface area contributed by atoms with Crippen LogP contribution in [0.1, 0.15) is 20.7 Å². The van der Waals surface area contributed by atoms with Crippen LogP contribution in [0.5, 0.6) is 11.5 Å². The maximum absolute atomic E-state index is 13.3. The average Bonchev–Trinajstić information content (AvgIpc) is 3.57. The molecular formula is C32H33N3O12. The monoisotopic (exact) mass is 651 g/mol. The van der Waals surface area contributed by atoms with Crippen molar-refractivity contribution in [3.8, 4) is 11.5 Å². The highest BCUT2D eigenvalue weighted by Gasteiger charge is 2.54. The fraction of sp³-hybridized carbons (Fsp3) is 0.375. The van der Waals surface area contributed by atoms with Crippen molar-refractivity contribution in [3.63, 3.8) is 0 Å². The topological polar surface area (TPSA) is 208 Å². The minimum atomic E-state index is -1.57.